The van der Waals surface area contributed by atoms with E-state index in [2.05, 4.69) is 0 Å². The summed E-state index contributed by atoms with van der Waals surface area (Å²) in [6.45, 7) is 3.08. The van der Waals surface area contributed by atoms with E-state index in [1.165, 1.54) is 6.92 Å². The van der Waals surface area contributed by atoms with Crippen LogP contribution in [0.15, 0.2) is 30.3 Å². The van der Waals surface area contributed by atoms with Crippen LogP contribution in [0, 0.1) is 0 Å². The zero-order chi connectivity index (χ0) is 12.0. The largest absolute Gasteiger partial charge is 0.432 e. The third-order valence-electron chi connectivity index (χ3n) is 3.19. The third-order valence-corrected chi connectivity index (χ3v) is 3.19. The molecule has 1 aromatic rings. The first-order valence-electron chi connectivity index (χ1n) is 4.95. The average molecular weight is 222 g/mol. The Labute approximate surface area is 93.4 Å². The SMILES string of the molecule is CC1(c2ccccc2)OC(=O)N(N)C1(C)O. The zero-order valence-electron chi connectivity index (χ0n) is 9.18. The molecule has 2 rings (SSSR count). The van der Waals surface area contributed by atoms with Crippen LogP contribution in [0.25, 0.3) is 0 Å². The van der Waals surface area contributed by atoms with Gasteiger partial charge in [0.25, 0.3) is 0 Å². The van der Waals surface area contributed by atoms with Crippen LogP contribution in [0.5, 0.6) is 0 Å². The second kappa shape index (κ2) is 3.20. The van der Waals surface area contributed by atoms with Gasteiger partial charge in [-0.15, -0.1) is 0 Å². The van der Waals surface area contributed by atoms with Gasteiger partial charge in [-0.2, -0.15) is 0 Å². The molecule has 1 aliphatic rings. The molecule has 1 aromatic carbocycles. The summed E-state index contributed by atoms with van der Waals surface area (Å²) in [7, 11) is 0. The molecular weight excluding hydrogens is 208 g/mol. The van der Waals surface area contributed by atoms with Crippen molar-refractivity contribution < 1.29 is 14.6 Å². The molecule has 2 atom stereocenters. The number of aliphatic hydroxyl groups is 1. The number of hydrazine groups is 1. The van der Waals surface area contributed by atoms with E-state index in [1.54, 1.807) is 19.1 Å². The van der Waals surface area contributed by atoms with Crippen LogP contribution in [0.1, 0.15) is 19.4 Å². The Balaban J connectivity index is 2.51. The second-order valence-corrected chi connectivity index (χ2v) is 4.16. The van der Waals surface area contributed by atoms with Gasteiger partial charge in [-0.1, -0.05) is 30.3 Å². The predicted molar refractivity (Wildman–Crippen MR) is 56.9 cm³/mol. The molecule has 1 saturated heterocycles. The molecule has 1 heterocycles. The number of hydrogen-bond donors (Lipinski definition) is 2. The Morgan fingerprint density at radius 2 is 1.88 bits per heavy atom. The highest BCUT2D eigenvalue weighted by Crippen LogP contribution is 2.42. The number of rotatable bonds is 1. The van der Waals surface area contributed by atoms with Gasteiger partial charge in [0.15, 0.2) is 11.3 Å². The van der Waals surface area contributed by atoms with Crippen molar-refractivity contribution in [3.63, 3.8) is 0 Å². The Hall–Kier alpha value is -1.59. The number of benzene rings is 1. The summed E-state index contributed by atoms with van der Waals surface area (Å²) >= 11 is 0. The quantitative estimate of drug-likeness (QED) is 0.547. The van der Waals surface area contributed by atoms with Crippen molar-refractivity contribution >= 4 is 6.09 Å². The molecule has 0 radical (unpaired) electrons. The summed E-state index contributed by atoms with van der Waals surface area (Å²) in [4.78, 5) is 11.4. The average Bonchev–Trinajstić information content (AvgIpc) is 2.42. The fraction of sp³-hybridized carbons (Fsp3) is 0.364. The third kappa shape index (κ3) is 1.22. The number of amides is 1. The smallest absolute Gasteiger partial charge is 0.427 e. The predicted octanol–water partition coefficient (Wildman–Crippen LogP) is 0.936. The van der Waals surface area contributed by atoms with E-state index < -0.39 is 17.4 Å². The zero-order valence-corrected chi connectivity index (χ0v) is 9.18. The van der Waals surface area contributed by atoms with Gasteiger partial charge in [0, 0.05) is 5.56 Å². The van der Waals surface area contributed by atoms with E-state index in [9.17, 15) is 9.90 Å². The Bertz CT molecular complexity index is 418. The molecule has 0 aliphatic carbocycles. The van der Waals surface area contributed by atoms with Gasteiger partial charge in [0.05, 0.1) is 0 Å². The van der Waals surface area contributed by atoms with E-state index in [4.69, 9.17) is 10.6 Å². The van der Waals surface area contributed by atoms with Crippen molar-refractivity contribution in [1.82, 2.24) is 5.01 Å². The fourth-order valence-electron chi connectivity index (χ4n) is 1.82. The van der Waals surface area contributed by atoms with Crippen LogP contribution < -0.4 is 5.84 Å². The van der Waals surface area contributed by atoms with E-state index in [1.807, 2.05) is 18.2 Å². The topological polar surface area (TPSA) is 75.8 Å². The maximum Gasteiger partial charge on any atom is 0.427 e. The molecule has 86 valence electrons. The minimum Gasteiger partial charge on any atom is -0.432 e. The molecule has 16 heavy (non-hydrogen) atoms. The Kier molecular flexibility index (Phi) is 2.18. The van der Waals surface area contributed by atoms with Gasteiger partial charge in [-0.3, -0.25) is 0 Å². The van der Waals surface area contributed by atoms with Gasteiger partial charge in [-0.25, -0.2) is 15.6 Å². The lowest BCUT2D eigenvalue weighted by atomic mass is 9.86. The first-order valence-corrected chi connectivity index (χ1v) is 4.95. The monoisotopic (exact) mass is 222 g/mol. The van der Waals surface area contributed by atoms with Crippen molar-refractivity contribution in [2.24, 2.45) is 5.84 Å². The van der Waals surface area contributed by atoms with Crippen molar-refractivity contribution in [3.05, 3.63) is 35.9 Å². The molecule has 0 spiro atoms. The number of hydrogen-bond acceptors (Lipinski definition) is 4. The van der Waals surface area contributed by atoms with Crippen LogP contribution in [0.4, 0.5) is 4.79 Å². The fourth-order valence-corrected chi connectivity index (χ4v) is 1.82. The van der Waals surface area contributed by atoms with Crippen molar-refractivity contribution in [1.29, 1.82) is 0 Å². The lowest BCUT2D eigenvalue weighted by Crippen LogP contribution is -2.56. The van der Waals surface area contributed by atoms with Gasteiger partial charge in [-0.05, 0) is 13.8 Å². The summed E-state index contributed by atoms with van der Waals surface area (Å²) in [6.07, 6.45) is -0.739. The lowest BCUT2D eigenvalue weighted by Gasteiger charge is -2.35. The molecule has 5 nitrogen and oxygen atoms in total. The molecule has 1 fully saturated rings. The van der Waals surface area contributed by atoms with E-state index in [0.29, 0.717) is 10.6 Å². The lowest BCUT2D eigenvalue weighted by molar-refractivity contribution is -0.141. The molecule has 0 saturated carbocycles. The number of ether oxygens (including phenoxy) is 1. The summed E-state index contributed by atoms with van der Waals surface area (Å²) in [5.74, 6) is 5.48. The summed E-state index contributed by atoms with van der Waals surface area (Å²) < 4.78 is 5.17. The van der Waals surface area contributed by atoms with Gasteiger partial charge in [0.2, 0.25) is 0 Å². The minimum atomic E-state index is -1.58. The highest BCUT2D eigenvalue weighted by molar-refractivity contribution is 5.71. The Morgan fingerprint density at radius 1 is 1.31 bits per heavy atom. The van der Waals surface area contributed by atoms with Gasteiger partial charge >= 0.3 is 6.09 Å². The molecule has 2 unspecified atom stereocenters. The van der Waals surface area contributed by atoms with Gasteiger partial charge < -0.3 is 9.84 Å². The van der Waals surface area contributed by atoms with E-state index in [-0.39, 0.29) is 0 Å². The molecule has 5 heteroatoms. The molecule has 0 aromatic heterocycles. The molecule has 1 amide bonds. The summed E-state index contributed by atoms with van der Waals surface area (Å²) in [6, 6.07) is 9.02. The van der Waals surface area contributed by atoms with Crippen LogP contribution in [-0.4, -0.2) is 21.9 Å². The highest BCUT2D eigenvalue weighted by Gasteiger charge is 2.59. The maximum absolute atomic E-state index is 11.4. The number of nitrogens with zero attached hydrogens (tertiary/aromatic N) is 1. The number of cyclic esters (lactones) is 1. The standard InChI is InChI=1S/C11H14N2O3/c1-10(8-6-4-3-5-7-8)11(2,15)13(12)9(14)16-10/h3-7,15H,12H2,1-2H3. The van der Waals surface area contributed by atoms with Gasteiger partial charge in [0.1, 0.15) is 0 Å². The van der Waals surface area contributed by atoms with Crippen LogP contribution in [0.2, 0.25) is 0 Å². The molecule has 1 aliphatic heterocycles. The first kappa shape index (κ1) is 10.9. The van der Waals surface area contributed by atoms with Crippen LogP contribution >= 0.6 is 0 Å². The van der Waals surface area contributed by atoms with Crippen molar-refractivity contribution in [2.45, 2.75) is 25.2 Å². The van der Waals surface area contributed by atoms with E-state index in [0.717, 1.165) is 0 Å². The first-order chi connectivity index (χ1) is 7.39. The molecule has 3 N–H and O–H groups in total. The Morgan fingerprint density at radius 3 is 2.31 bits per heavy atom. The highest BCUT2D eigenvalue weighted by atomic mass is 16.6. The number of carbonyl (C=O) groups excluding carboxylic acids is 1. The number of nitrogens with two attached hydrogens (primary N) is 1. The van der Waals surface area contributed by atoms with Crippen molar-refractivity contribution in [2.75, 3.05) is 0 Å². The number of carbonyl (C=O) groups is 1. The molecule has 0 bridgehead atoms. The van der Waals surface area contributed by atoms with Crippen LogP contribution in [-0.2, 0) is 10.3 Å². The summed E-state index contributed by atoms with van der Waals surface area (Å²) in [5.41, 5.74) is -2.05. The van der Waals surface area contributed by atoms with Crippen molar-refractivity contribution in [3.8, 4) is 0 Å². The maximum atomic E-state index is 11.4. The van der Waals surface area contributed by atoms with E-state index >= 15 is 0 Å². The normalized spacial score (nSPS) is 34.0. The molecular formula is C11H14N2O3. The second-order valence-electron chi connectivity index (χ2n) is 4.16. The minimum absolute atomic E-state index is 0.696. The van der Waals surface area contributed by atoms with Crippen LogP contribution in [0.3, 0.4) is 0 Å². The summed E-state index contributed by atoms with van der Waals surface area (Å²) in [5, 5.41) is 11.0.